The number of carbonyl (C=O) groups excluding carboxylic acids is 1. The summed E-state index contributed by atoms with van der Waals surface area (Å²) in [5.41, 5.74) is 4.48. The van der Waals surface area contributed by atoms with Gasteiger partial charge in [-0.15, -0.1) is 0 Å². The molecule has 1 aliphatic heterocycles. The van der Waals surface area contributed by atoms with E-state index in [1.807, 2.05) is 23.9 Å². The Kier molecular flexibility index (Phi) is 5.97. The van der Waals surface area contributed by atoms with Crippen LogP contribution in [0.1, 0.15) is 35.3 Å². The van der Waals surface area contributed by atoms with E-state index in [9.17, 15) is 4.79 Å². The van der Waals surface area contributed by atoms with Crippen molar-refractivity contribution < 1.29 is 9.53 Å². The largest absolute Gasteiger partial charge is 0.484 e. The first-order chi connectivity index (χ1) is 14.1. The van der Waals surface area contributed by atoms with Crippen LogP contribution in [-0.2, 0) is 24.4 Å². The zero-order valence-electron chi connectivity index (χ0n) is 16.8. The maximum absolute atomic E-state index is 12.6. The first kappa shape index (κ1) is 19.7. The normalized spacial score (nSPS) is 16.7. The fourth-order valence-corrected chi connectivity index (χ4v) is 4.26. The van der Waals surface area contributed by atoms with Crippen molar-refractivity contribution in [3.8, 4) is 5.75 Å². The molecule has 1 unspecified atom stereocenters. The molecule has 0 radical (unpaired) electrons. The molecule has 4 rings (SSSR count). The van der Waals surface area contributed by atoms with Crippen molar-refractivity contribution >= 4 is 17.2 Å². The van der Waals surface area contributed by atoms with Gasteiger partial charge in [-0.05, 0) is 36.7 Å². The number of hydrogen-bond acceptors (Lipinski definition) is 5. The molecule has 3 heterocycles. The van der Waals surface area contributed by atoms with Crippen molar-refractivity contribution in [3.05, 3.63) is 69.7 Å². The summed E-state index contributed by atoms with van der Waals surface area (Å²) in [6.45, 7) is 7.14. The fraction of sp³-hybridized carbons (Fsp3) is 0.364. The lowest BCUT2D eigenvalue weighted by atomic mass is 10.1. The summed E-state index contributed by atoms with van der Waals surface area (Å²) >= 11 is 1.66. The van der Waals surface area contributed by atoms with Crippen molar-refractivity contribution in [2.75, 3.05) is 13.1 Å². The lowest BCUT2D eigenvalue weighted by molar-refractivity contribution is -0.122. The van der Waals surface area contributed by atoms with Crippen molar-refractivity contribution in [1.29, 1.82) is 0 Å². The third-order valence-electron chi connectivity index (χ3n) is 5.09. The summed E-state index contributed by atoms with van der Waals surface area (Å²) in [4.78, 5) is 14.8. The molecule has 1 N–H and O–H groups in total. The number of amides is 1. The number of benzene rings is 1. The number of thiophene rings is 1. The van der Waals surface area contributed by atoms with Crippen LogP contribution in [0.5, 0.6) is 5.75 Å². The lowest BCUT2D eigenvalue weighted by Crippen LogP contribution is -2.38. The van der Waals surface area contributed by atoms with E-state index in [-0.39, 0.29) is 12.0 Å². The molecule has 0 fully saturated rings. The van der Waals surface area contributed by atoms with Gasteiger partial charge in [-0.25, -0.2) is 0 Å². The van der Waals surface area contributed by atoms with Crippen molar-refractivity contribution in [1.82, 2.24) is 20.0 Å². The van der Waals surface area contributed by atoms with E-state index in [0.29, 0.717) is 26.2 Å². The Hall–Kier alpha value is -2.64. The van der Waals surface area contributed by atoms with Gasteiger partial charge in [0, 0.05) is 49.1 Å². The second-order valence-electron chi connectivity index (χ2n) is 7.42. The first-order valence-electron chi connectivity index (χ1n) is 9.89. The standard InChI is InChI=1S/C22H26N4O2S/c1-3-26-11-17(10-24-26)9-23-22(27)14-25-12-19-8-16(2)4-5-20(19)28-21(13-25)18-6-7-29-15-18/h4-8,10-11,15,21H,3,9,12-14H2,1-2H3,(H,23,27). The number of rotatable bonds is 6. The van der Waals surface area contributed by atoms with Crippen molar-refractivity contribution in [3.63, 3.8) is 0 Å². The van der Waals surface area contributed by atoms with Crippen LogP contribution in [0.15, 0.2) is 47.4 Å². The van der Waals surface area contributed by atoms with E-state index in [4.69, 9.17) is 4.74 Å². The van der Waals surface area contributed by atoms with Gasteiger partial charge in [0.25, 0.3) is 0 Å². The number of nitrogens with one attached hydrogen (secondary N) is 1. The highest BCUT2D eigenvalue weighted by Gasteiger charge is 2.26. The van der Waals surface area contributed by atoms with Gasteiger partial charge in [-0.2, -0.15) is 16.4 Å². The van der Waals surface area contributed by atoms with E-state index in [1.54, 1.807) is 17.5 Å². The summed E-state index contributed by atoms with van der Waals surface area (Å²) in [7, 11) is 0. The van der Waals surface area contributed by atoms with Crippen LogP contribution in [0.2, 0.25) is 0 Å². The summed E-state index contributed by atoms with van der Waals surface area (Å²) in [6, 6.07) is 8.36. The summed E-state index contributed by atoms with van der Waals surface area (Å²) < 4.78 is 8.19. The molecule has 7 heteroatoms. The second kappa shape index (κ2) is 8.80. The SMILES string of the molecule is CCn1cc(CNC(=O)CN2Cc3cc(C)ccc3OC(c3ccsc3)C2)cn1. The lowest BCUT2D eigenvalue weighted by Gasteiger charge is -2.23. The van der Waals surface area contributed by atoms with Gasteiger partial charge in [0.15, 0.2) is 0 Å². The molecule has 1 amide bonds. The summed E-state index contributed by atoms with van der Waals surface area (Å²) in [5, 5.41) is 11.4. The molecule has 29 heavy (non-hydrogen) atoms. The van der Waals surface area contributed by atoms with Crippen LogP contribution in [-0.4, -0.2) is 33.7 Å². The van der Waals surface area contributed by atoms with E-state index in [2.05, 4.69) is 51.2 Å². The third kappa shape index (κ3) is 4.86. The Balaban J connectivity index is 1.45. The maximum Gasteiger partial charge on any atom is 0.234 e. The molecule has 0 saturated carbocycles. The monoisotopic (exact) mass is 410 g/mol. The third-order valence-corrected chi connectivity index (χ3v) is 5.79. The molecular weight excluding hydrogens is 384 g/mol. The Labute approximate surface area is 175 Å². The number of aromatic nitrogens is 2. The fourth-order valence-electron chi connectivity index (χ4n) is 3.56. The Morgan fingerprint density at radius 1 is 1.38 bits per heavy atom. The average molecular weight is 411 g/mol. The van der Waals surface area contributed by atoms with Crippen LogP contribution in [0.3, 0.4) is 0 Å². The predicted molar refractivity (Wildman–Crippen MR) is 114 cm³/mol. The Morgan fingerprint density at radius 3 is 3.03 bits per heavy atom. The van der Waals surface area contributed by atoms with Crippen LogP contribution in [0, 0.1) is 6.92 Å². The Morgan fingerprint density at radius 2 is 2.28 bits per heavy atom. The molecule has 0 bridgehead atoms. The highest BCUT2D eigenvalue weighted by Crippen LogP contribution is 2.32. The zero-order chi connectivity index (χ0) is 20.2. The van der Waals surface area contributed by atoms with Crippen LogP contribution in [0.4, 0.5) is 0 Å². The summed E-state index contributed by atoms with van der Waals surface area (Å²) in [6.07, 6.45) is 3.68. The minimum atomic E-state index is -0.0826. The summed E-state index contributed by atoms with van der Waals surface area (Å²) in [5.74, 6) is 0.913. The molecule has 0 spiro atoms. The van der Waals surface area contributed by atoms with E-state index >= 15 is 0 Å². The molecule has 0 saturated heterocycles. The quantitative estimate of drug-likeness (QED) is 0.675. The molecule has 3 aromatic rings. The van der Waals surface area contributed by atoms with Gasteiger partial charge in [0.2, 0.25) is 5.91 Å². The molecule has 1 aliphatic rings. The smallest absolute Gasteiger partial charge is 0.234 e. The molecule has 6 nitrogen and oxygen atoms in total. The van der Waals surface area contributed by atoms with Gasteiger partial charge < -0.3 is 10.1 Å². The first-order valence-corrected chi connectivity index (χ1v) is 10.8. The molecule has 152 valence electrons. The van der Waals surface area contributed by atoms with Gasteiger partial charge in [-0.3, -0.25) is 14.4 Å². The van der Waals surface area contributed by atoms with Gasteiger partial charge >= 0.3 is 0 Å². The topological polar surface area (TPSA) is 59.4 Å². The number of carbonyl (C=O) groups is 1. The van der Waals surface area contributed by atoms with Crippen LogP contribution >= 0.6 is 11.3 Å². The highest BCUT2D eigenvalue weighted by atomic mass is 32.1. The van der Waals surface area contributed by atoms with Crippen LogP contribution in [0.25, 0.3) is 0 Å². The van der Waals surface area contributed by atoms with Gasteiger partial charge in [-0.1, -0.05) is 17.7 Å². The van der Waals surface area contributed by atoms with Crippen molar-refractivity contribution in [2.24, 2.45) is 0 Å². The molecule has 1 aromatic carbocycles. The number of fused-ring (bicyclic) bond motifs is 1. The second-order valence-corrected chi connectivity index (χ2v) is 8.21. The maximum atomic E-state index is 12.6. The van der Waals surface area contributed by atoms with Crippen molar-refractivity contribution in [2.45, 2.75) is 39.6 Å². The predicted octanol–water partition coefficient (Wildman–Crippen LogP) is 3.53. The average Bonchev–Trinajstić information content (AvgIpc) is 3.36. The van der Waals surface area contributed by atoms with Gasteiger partial charge in [0.05, 0.1) is 12.7 Å². The zero-order valence-corrected chi connectivity index (χ0v) is 17.6. The van der Waals surface area contributed by atoms with E-state index in [0.717, 1.165) is 29.0 Å². The molecule has 0 aliphatic carbocycles. The molecule has 1 atom stereocenters. The minimum Gasteiger partial charge on any atom is -0.484 e. The van der Waals surface area contributed by atoms with Gasteiger partial charge in [0.1, 0.15) is 11.9 Å². The number of ether oxygens (including phenoxy) is 1. The van der Waals surface area contributed by atoms with E-state index in [1.165, 1.54) is 5.56 Å². The Bertz CT molecular complexity index is 967. The minimum absolute atomic E-state index is 0.00872. The number of aryl methyl sites for hydroxylation is 2. The number of nitrogens with zero attached hydrogens (tertiary/aromatic N) is 3. The molecule has 2 aromatic heterocycles. The molecular formula is C22H26N4O2S. The van der Waals surface area contributed by atoms with Crippen LogP contribution < -0.4 is 10.1 Å². The van der Waals surface area contributed by atoms with E-state index < -0.39 is 0 Å². The number of hydrogen-bond donors (Lipinski definition) is 1. The highest BCUT2D eigenvalue weighted by molar-refractivity contribution is 7.07.